The van der Waals surface area contributed by atoms with Crippen LogP contribution in [0.4, 0.5) is 0 Å². The van der Waals surface area contributed by atoms with Gasteiger partial charge in [0.2, 0.25) is 0 Å². The Labute approximate surface area is 106 Å². The highest BCUT2D eigenvalue weighted by molar-refractivity contribution is 7.86. The van der Waals surface area contributed by atoms with Gasteiger partial charge in [-0.05, 0) is 26.7 Å². The zero-order valence-corrected chi connectivity index (χ0v) is 12.4. The van der Waals surface area contributed by atoms with E-state index in [0.717, 1.165) is 12.8 Å². The van der Waals surface area contributed by atoms with Gasteiger partial charge in [-0.3, -0.25) is 0 Å². The third-order valence-electron chi connectivity index (χ3n) is 2.28. The summed E-state index contributed by atoms with van der Waals surface area (Å²) in [5.74, 6) is 0. The lowest BCUT2D eigenvalue weighted by molar-refractivity contribution is 0.0625. The molecule has 0 saturated carbocycles. The molecule has 0 aliphatic carbocycles. The first-order valence-electron chi connectivity index (χ1n) is 6.09. The van der Waals surface area contributed by atoms with Gasteiger partial charge in [0.15, 0.2) is 0 Å². The molecule has 0 aliphatic rings. The molecule has 0 saturated heterocycles. The van der Waals surface area contributed by atoms with E-state index in [1.807, 2.05) is 13.8 Å². The van der Waals surface area contributed by atoms with Crippen LogP contribution in [0.15, 0.2) is 0 Å². The highest BCUT2D eigenvalue weighted by Crippen LogP contribution is 2.12. The number of hydrogen-bond acceptors (Lipinski definition) is 3. The predicted octanol–water partition coefficient (Wildman–Crippen LogP) is 1.06. The molecule has 0 radical (unpaired) electrons. The van der Waals surface area contributed by atoms with E-state index in [9.17, 15) is 13.5 Å². The van der Waals surface area contributed by atoms with E-state index >= 15 is 0 Å². The summed E-state index contributed by atoms with van der Waals surface area (Å²) in [6.07, 6.45) is 1.57. The van der Waals surface area contributed by atoms with Gasteiger partial charge < -0.3 is 5.11 Å². The van der Waals surface area contributed by atoms with Gasteiger partial charge >= 0.3 is 0 Å². The first-order chi connectivity index (χ1) is 7.65. The molecule has 0 atom stereocenters. The minimum atomic E-state index is -3.45. The quantitative estimate of drug-likeness (QED) is 0.714. The van der Waals surface area contributed by atoms with Crippen LogP contribution in [-0.2, 0) is 10.2 Å². The Balaban J connectivity index is 4.82. The van der Waals surface area contributed by atoms with E-state index in [1.165, 1.54) is 15.7 Å². The molecule has 0 unspecified atom stereocenters. The maximum atomic E-state index is 12.2. The molecule has 0 aromatic carbocycles. The Bertz CT molecular complexity index is 303. The van der Waals surface area contributed by atoms with Gasteiger partial charge in [-0.2, -0.15) is 17.0 Å². The Morgan fingerprint density at radius 3 is 1.82 bits per heavy atom. The monoisotopic (exact) mass is 266 g/mol. The molecular formula is C11H26N2O3S. The average molecular weight is 266 g/mol. The van der Waals surface area contributed by atoms with Crippen molar-refractivity contribution >= 4 is 10.2 Å². The minimum Gasteiger partial charge on any atom is -0.389 e. The van der Waals surface area contributed by atoms with Crippen molar-refractivity contribution in [1.82, 2.24) is 8.61 Å². The van der Waals surface area contributed by atoms with Crippen molar-refractivity contribution in [3.63, 3.8) is 0 Å². The van der Waals surface area contributed by atoms with Crippen LogP contribution in [0.5, 0.6) is 0 Å². The van der Waals surface area contributed by atoms with Gasteiger partial charge in [-0.1, -0.05) is 13.8 Å². The van der Waals surface area contributed by atoms with E-state index in [2.05, 4.69) is 0 Å². The second kappa shape index (κ2) is 6.68. The largest absolute Gasteiger partial charge is 0.389 e. The van der Waals surface area contributed by atoms with Crippen LogP contribution in [0, 0.1) is 0 Å². The van der Waals surface area contributed by atoms with Crippen LogP contribution in [0.2, 0.25) is 0 Å². The van der Waals surface area contributed by atoms with Crippen molar-refractivity contribution in [2.75, 3.05) is 26.7 Å². The van der Waals surface area contributed by atoms with Gasteiger partial charge in [-0.15, -0.1) is 0 Å². The van der Waals surface area contributed by atoms with Crippen molar-refractivity contribution in [2.24, 2.45) is 0 Å². The SMILES string of the molecule is CCCN(CCC)S(=O)(=O)N(C)CC(C)(C)O. The summed E-state index contributed by atoms with van der Waals surface area (Å²) in [5, 5.41) is 9.67. The predicted molar refractivity (Wildman–Crippen MR) is 70.0 cm³/mol. The molecule has 0 fully saturated rings. The lowest BCUT2D eigenvalue weighted by Crippen LogP contribution is -2.47. The summed E-state index contributed by atoms with van der Waals surface area (Å²) in [7, 11) is -1.95. The maximum absolute atomic E-state index is 12.2. The molecule has 1 N–H and O–H groups in total. The third-order valence-corrected chi connectivity index (χ3v) is 4.21. The number of nitrogens with zero attached hydrogens (tertiary/aromatic N) is 2. The summed E-state index contributed by atoms with van der Waals surface area (Å²) < 4.78 is 27.1. The molecule has 17 heavy (non-hydrogen) atoms. The smallest absolute Gasteiger partial charge is 0.281 e. The van der Waals surface area contributed by atoms with Crippen molar-refractivity contribution in [1.29, 1.82) is 0 Å². The van der Waals surface area contributed by atoms with E-state index in [0.29, 0.717) is 13.1 Å². The Hall–Kier alpha value is -0.170. The Morgan fingerprint density at radius 1 is 1.12 bits per heavy atom. The zero-order chi connectivity index (χ0) is 13.7. The van der Waals surface area contributed by atoms with Crippen LogP contribution < -0.4 is 0 Å². The number of hydrogen-bond donors (Lipinski definition) is 1. The summed E-state index contributed by atoms with van der Waals surface area (Å²) in [6, 6.07) is 0. The zero-order valence-electron chi connectivity index (χ0n) is 11.6. The van der Waals surface area contributed by atoms with Crippen LogP contribution in [0.3, 0.4) is 0 Å². The van der Waals surface area contributed by atoms with E-state index in [-0.39, 0.29) is 6.54 Å². The number of rotatable bonds is 8. The van der Waals surface area contributed by atoms with E-state index in [1.54, 1.807) is 13.8 Å². The van der Waals surface area contributed by atoms with Crippen LogP contribution in [0.1, 0.15) is 40.5 Å². The normalized spacial score (nSPS) is 13.6. The molecule has 0 aromatic rings. The topological polar surface area (TPSA) is 60.9 Å². The average Bonchev–Trinajstić information content (AvgIpc) is 2.14. The lowest BCUT2D eigenvalue weighted by Gasteiger charge is -2.30. The van der Waals surface area contributed by atoms with E-state index < -0.39 is 15.8 Å². The first kappa shape index (κ1) is 16.8. The van der Waals surface area contributed by atoms with Crippen LogP contribution >= 0.6 is 0 Å². The van der Waals surface area contributed by atoms with Crippen LogP contribution in [-0.4, -0.2) is 54.4 Å². The fraction of sp³-hybridized carbons (Fsp3) is 1.00. The van der Waals surface area contributed by atoms with Crippen molar-refractivity contribution in [3.05, 3.63) is 0 Å². The molecule has 0 amide bonds. The van der Waals surface area contributed by atoms with Gasteiger partial charge in [0.25, 0.3) is 10.2 Å². The Morgan fingerprint density at radius 2 is 1.53 bits per heavy atom. The van der Waals surface area contributed by atoms with Crippen LogP contribution in [0.25, 0.3) is 0 Å². The standard InChI is InChI=1S/C11H26N2O3S/c1-6-8-13(9-7-2)17(15,16)12(5)10-11(3,4)14/h14H,6-10H2,1-5H3. The summed E-state index contributed by atoms with van der Waals surface area (Å²) in [6.45, 7) is 8.24. The molecule has 0 heterocycles. The molecule has 0 rings (SSSR count). The first-order valence-corrected chi connectivity index (χ1v) is 7.48. The maximum Gasteiger partial charge on any atom is 0.281 e. The van der Waals surface area contributed by atoms with E-state index in [4.69, 9.17) is 0 Å². The fourth-order valence-corrected chi connectivity index (χ4v) is 3.36. The molecule has 5 nitrogen and oxygen atoms in total. The third kappa shape index (κ3) is 5.81. The number of aliphatic hydroxyl groups is 1. The molecule has 0 spiro atoms. The summed E-state index contributed by atoms with van der Waals surface area (Å²) in [4.78, 5) is 0. The highest BCUT2D eigenvalue weighted by Gasteiger charge is 2.29. The Kier molecular flexibility index (Phi) is 6.61. The fourth-order valence-electron chi connectivity index (χ4n) is 1.66. The second-order valence-corrected chi connectivity index (χ2v) is 7.01. The molecule has 104 valence electrons. The number of likely N-dealkylation sites (N-methyl/N-ethyl adjacent to an activating group) is 1. The van der Waals surface area contributed by atoms with Crippen molar-refractivity contribution < 1.29 is 13.5 Å². The second-order valence-electron chi connectivity index (χ2n) is 4.98. The van der Waals surface area contributed by atoms with Crippen molar-refractivity contribution in [2.45, 2.75) is 46.1 Å². The summed E-state index contributed by atoms with van der Waals surface area (Å²) in [5.41, 5.74) is -1.02. The highest BCUT2D eigenvalue weighted by atomic mass is 32.2. The summed E-state index contributed by atoms with van der Waals surface area (Å²) >= 11 is 0. The molecular weight excluding hydrogens is 240 g/mol. The van der Waals surface area contributed by atoms with Gasteiger partial charge in [0.05, 0.1) is 5.60 Å². The molecule has 0 aromatic heterocycles. The van der Waals surface area contributed by atoms with Gasteiger partial charge in [0, 0.05) is 26.7 Å². The molecule has 0 bridgehead atoms. The lowest BCUT2D eigenvalue weighted by atomic mass is 10.1. The molecule has 0 aliphatic heterocycles. The van der Waals surface area contributed by atoms with Gasteiger partial charge in [0.1, 0.15) is 0 Å². The molecule has 6 heteroatoms. The van der Waals surface area contributed by atoms with Crippen molar-refractivity contribution in [3.8, 4) is 0 Å². The minimum absolute atomic E-state index is 0.0965. The van der Waals surface area contributed by atoms with Gasteiger partial charge in [-0.25, -0.2) is 0 Å².